The second-order valence-corrected chi connectivity index (χ2v) is 18.5. The number of likely N-dealkylation sites (N-methyl/N-ethyl adjacent to an activating group) is 1. The molecule has 2 fully saturated rings. The molecule has 6 heteroatoms. The Labute approximate surface area is 302 Å². The fraction of sp³-hybridized carbons (Fsp3) is 0.556. The van der Waals surface area contributed by atoms with Crippen molar-refractivity contribution in [2.75, 3.05) is 7.05 Å². The van der Waals surface area contributed by atoms with Gasteiger partial charge in [0.2, 0.25) is 5.91 Å². The summed E-state index contributed by atoms with van der Waals surface area (Å²) in [6.07, 6.45) is 12.1. The first-order valence-corrected chi connectivity index (χ1v) is 19.0. The molecule has 0 spiro atoms. The van der Waals surface area contributed by atoms with Gasteiger partial charge in [0.05, 0.1) is 23.0 Å². The van der Waals surface area contributed by atoms with Crippen molar-refractivity contribution in [2.24, 2.45) is 39.9 Å². The number of hydrogen-bond donors (Lipinski definition) is 1. The van der Waals surface area contributed by atoms with Gasteiger partial charge in [0.15, 0.2) is 11.6 Å². The maximum Gasteiger partial charge on any atom is 0.246 e. The SMILES string of the molecule is C=C(C)[C@H]1C(=O)c2c3c(cc4c2C1C1=C4CC2CC[C@@H]4[C@](C)(CCC(=O)[C@@]4(C)/C=C/C=C(\C)C(=O)NC)[C@@]12C)C1=CC(C)(C)OC(C)(C)C1C3=O. The van der Waals surface area contributed by atoms with E-state index in [2.05, 4.69) is 50.9 Å². The van der Waals surface area contributed by atoms with E-state index in [9.17, 15) is 19.2 Å². The lowest BCUT2D eigenvalue weighted by atomic mass is 9.39. The van der Waals surface area contributed by atoms with Crippen molar-refractivity contribution in [2.45, 2.75) is 112 Å². The Bertz CT molecular complexity index is 2040. The number of ketones is 3. The van der Waals surface area contributed by atoms with Gasteiger partial charge in [-0.25, -0.2) is 0 Å². The van der Waals surface area contributed by atoms with E-state index in [1.165, 1.54) is 11.1 Å². The Hall–Kier alpha value is -3.64. The third kappa shape index (κ3) is 4.14. The van der Waals surface area contributed by atoms with E-state index >= 15 is 0 Å². The average molecular weight is 688 g/mol. The van der Waals surface area contributed by atoms with Crippen LogP contribution in [-0.4, -0.2) is 41.5 Å². The van der Waals surface area contributed by atoms with Crippen LogP contribution in [0.5, 0.6) is 0 Å². The molecule has 7 aliphatic rings. The van der Waals surface area contributed by atoms with E-state index in [0.717, 1.165) is 53.5 Å². The van der Waals surface area contributed by atoms with Gasteiger partial charge in [-0.2, -0.15) is 0 Å². The molecule has 0 bridgehead atoms. The number of fused-ring (bicyclic) bond motifs is 10. The quantitative estimate of drug-likeness (QED) is 0.194. The Morgan fingerprint density at radius 1 is 0.980 bits per heavy atom. The van der Waals surface area contributed by atoms with Crippen LogP contribution >= 0.6 is 0 Å². The summed E-state index contributed by atoms with van der Waals surface area (Å²) in [5.41, 5.74) is 7.12. The molecule has 1 aromatic carbocycles. The van der Waals surface area contributed by atoms with Crippen LogP contribution in [0.15, 0.2) is 53.7 Å². The minimum Gasteiger partial charge on any atom is -0.364 e. The normalized spacial score (nSPS) is 38.2. The molecule has 6 aliphatic carbocycles. The van der Waals surface area contributed by atoms with Gasteiger partial charge in [0.25, 0.3) is 0 Å². The van der Waals surface area contributed by atoms with E-state index in [4.69, 9.17) is 4.74 Å². The summed E-state index contributed by atoms with van der Waals surface area (Å²) >= 11 is 0. The van der Waals surface area contributed by atoms with E-state index in [1.807, 2.05) is 46.8 Å². The van der Waals surface area contributed by atoms with Gasteiger partial charge in [-0.05, 0) is 137 Å². The van der Waals surface area contributed by atoms with Crippen LogP contribution in [0.25, 0.3) is 11.1 Å². The number of allylic oxidation sites excluding steroid dienone is 6. The Morgan fingerprint density at radius 3 is 2.35 bits per heavy atom. The fourth-order valence-electron chi connectivity index (χ4n) is 12.9. The lowest BCUT2D eigenvalue weighted by Gasteiger charge is -2.64. The number of Topliss-reactive ketones (excluding diaryl/α,β-unsaturated/α-hetero) is 3. The second-order valence-electron chi connectivity index (χ2n) is 18.5. The minimum atomic E-state index is -0.712. The van der Waals surface area contributed by atoms with E-state index < -0.39 is 28.5 Å². The molecule has 2 saturated carbocycles. The van der Waals surface area contributed by atoms with Gasteiger partial charge >= 0.3 is 0 Å². The molecule has 51 heavy (non-hydrogen) atoms. The molecular weight excluding hydrogens is 634 g/mol. The van der Waals surface area contributed by atoms with Crippen LogP contribution in [-0.2, 0) is 14.3 Å². The number of carbonyl (C=O) groups excluding carboxylic acids is 4. The minimum absolute atomic E-state index is 0.00101. The molecule has 1 heterocycles. The van der Waals surface area contributed by atoms with Crippen molar-refractivity contribution >= 4 is 34.4 Å². The van der Waals surface area contributed by atoms with Gasteiger partial charge in [-0.15, -0.1) is 0 Å². The third-order valence-electron chi connectivity index (χ3n) is 15.0. The molecule has 1 aliphatic heterocycles. The van der Waals surface area contributed by atoms with E-state index in [0.29, 0.717) is 29.0 Å². The topological polar surface area (TPSA) is 89.5 Å². The summed E-state index contributed by atoms with van der Waals surface area (Å²) in [4.78, 5) is 55.6. The molecule has 1 aromatic rings. The number of nitrogens with one attached hydrogen (secondary N) is 1. The number of ether oxygens (including phenoxy) is 1. The zero-order valence-electron chi connectivity index (χ0n) is 32.1. The van der Waals surface area contributed by atoms with Gasteiger partial charge in [-0.1, -0.05) is 49.8 Å². The predicted molar refractivity (Wildman–Crippen MR) is 200 cm³/mol. The zero-order chi connectivity index (χ0) is 37.0. The first-order valence-electron chi connectivity index (χ1n) is 19.0. The van der Waals surface area contributed by atoms with Crippen molar-refractivity contribution < 1.29 is 23.9 Å². The average Bonchev–Trinajstić information content (AvgIpc) is 3.71. The van der Waals surface area contributed by atoms with Crippen molar-refractivity contribution in [1.82, 2.24) is 5.32 Å². The zero-order valence-corrected chi connectivity index (χ0v) is 32.1. The molecule has 8 atom stereocenters. The standard InChI is InChI=1S/C45H53NO5/c1-22(2)31-34-32-25(20-26-28-21-41(4,5)51-42(6,7)37(28)39(49)33(26)35(32)38(31)48)27-19-24-14-15-29-43(8,17-12-13-23(3)40(50)46-11)30(47)16-18-44(29,9)45(24,10)36(27)34/h12-13,17,20-21,24,29,31,34,37H,1,14-16,18-19H2,2-11H3,(H,46,50)/b17-12+,23-13+/t24?,29-,31+,34?,37?,43-,44-,45+/m0/s1. The molecule has 268 valence electrons. The highest BCUT2D eigenvalue weighted by molar-refractivity contribution is 6.24. The van der Waals surface area contributed by atoms with Crippen molar-refractivity contribution in [1.29, 1.82) is 0 Å². The Morgan fingerprint density at radius 2 is 1.69 bits per heavy atom. The van der Waals surface area contributed by atoms with Crippen LogP contribution in [0.4, 0.5) is 0 Å². The maximum atomic E-state index is 14.9. The summed E-state index contributed by atoms with van der Waals surface area (Å²) in [6.45, 7) is 23.3. The molecule has 1 N–H and O–H groups in total. The number of carbonyl (C=O) groups is 4. The molecule has 0 aromatic heterocycles. The highest BCUT2D eigenvalue weighted by Gasteiger charge is 2.70. The van der Waals surface area contributed by atoms with Crippen LogP contribution in [0.1, 0.15) is 138 Å². The predicted octanol–water partition coefficient (Wildman–Crippen LogP) is 8.77. The van der Waals surface area contributed by atoms with E-state index in [-0.39, 0.29) is 45.9 Å². The summed E-state index contributed by atoms with van der Waals surface area (Å²) in [7, 11) is 1.62. The molecule has 0 radical (unpaired) electrons. The van der Waals surface area contributed by atoms with Crippen LogP contribution in [0.3, 0.4) is 0 Å². The largest absolute Gasteiger partial charge is 0.364 e. The first kappa shape index (κ1) is 34.4. The number of rotatable bonds is 4. The smallest absolute Gasteiger partial charge is 0.246 e. The Kier molecular flexibility index (Phi) is 7.08. The highest BCUT2D eigenvalue weighted by Crippen LogP contribution is 2.77. The van der Waals surface area contributed by atoms with Crippen molar-refractivity contribution in [3.63, 3.8) is 0 Å². The number of amides is 1. The fourth-order valence-corrected chi connectivity index (χ4v) is 12.9. The summed E-state index contributed by atoms with van der Waals surface area (Å²) < 4.78 is 6.48. The molecule has 1 amide bonds. The van der Waals surface area contributed by atoms with Crippen LogP contribution < -0.4 is 5.32 Å². The first-order chi connectivity index (χ1) is 23.7. The van der Waals surface area contributed by atoms with Gasteiger partial charge in [-0.3, -0.25) is 19.2 Å². The van der Waals surface area contributed by atoms with Gasteiger partial charge < -0.3 is 10.1 Å². The Balaban J connectivity index is 1.31. The molecule has 8 rings (SSSR count). The summed E-state index contributed by atoms with van der Waals surface area (Å²) in [5.74, 6) is -0.374. The summed E-state index contributed by atoms with van der Waals surface area (Å²) in [6, 6.07) is 2.28. The molecule has 3 unspecified atom stereocenters. The maximum absolute atomic E-state index is 14.9. The van der Waals surface area contributed by atoms with Gasteiger partial charge in [0, 0.05) is 41.5 Å². The lowest BCUT2D eigenvalue weighted by Crippen LogP contribution is -2.59. The summed E-state index contributed by atoms with van der Waals surface area (Å²) in [5, 5.41) is 2.68. The van der Waals surface area contributed by atoms with E-state index in [1.54, 1.807) is 14.0 Å². The van der Waals surface area contributed by atoms with Crippen LogP contribution in [0, 0.1) is 39.9 Å². The van der Waals surface area contributed by atoms with Crippen molar-refractivity contribution in [3.05, 3.63) is 81.5 Å². The third-order valence-corrected chi connectivity index (χ3v) is 15.0. The van der Waals surface area contributed by atoms with Crippen molar-refractivity contribution in [3.8, 4) is 0 Å². The molecular formula is C45H53NO5. The van der Waals surface area contributed by atoms with Gasteiger partial charge in [0.1, 0.15) is 5.78 Å². The highest BCUT2D eigenvalue weighted by atomic mass is 16.5. The van der Waals surface area contributed by atoms with Crippen LogP contribution in [0.2, 0.25) is 0 Å². The second kappa shape index (κ2) is 10.5. The monoisotopic (exact) mass is 687 g/mol. The number of hydrogen-bond acceptors (Lipinski definition) is 5. The number of benzene rings is 1. The molecule has 0 saturated heterocycles. The molecule has 6 nitrogen and oxygen atoms in total. The lowest BCUT2D eigenvalue weighted by molar-refractivity contribution is -0.155.